The summed E-state index contributed by atoms with van der Waals surface area (Å²) in [6.07, 6.45) is 0.854. The van der Waals surface area contributed by atoms with E-state index in [-0.39, 0.29) is 23.9 Å². The molecule has 7 nitrogen and oxygen atoms in total. The van der Waals surface area contributed by atoms with Crippen LogP contribution in [0.25, 0.3) is 22.4 Å². The van der Waals surface area contributed by atoms with Gasteiger partial charge in [0.15, 0.2) is 5.82 Å². The summed E-state index contributed by atoms with van der Waals surface area (Å²) in [6.45, 7) is 6.62. The fourth-order valence-corrected chi connectivity index (χ4v) is 5.09. The highest BCUT2D eigenvalue weighted by Gasteiger charge is 2.27. The van der Waals surface area contributed by atoms with E-state index < -0.39 is 11.7 Å². The van der Waals surface area contributed by atoms with Crippen LogP contribution in [0.5, 0.6) is 0 Å². The molecule has 1 aliphatic heterocycles. The number of nitrogens with zero attached hydrogens (tertiary/aromatic N) is 5. The van der Waals surface area contributed by atoms with Gasteiger partial charge in [0.25, 0.3) is 5.91 Å². The Labute approximate surface area is 246 Å². The van der Waals surface area contributed by atoms with Gasteiger partial charge in [-0.25, -0.2) is 4.39 Å². The number of piperazine rings is 1. The zero-order chi connectivity index (χ0) is 29.5. The van der Waals surface area contributed by atoms with Crippen LogP contribution in [0.3, 0.4) is 0 Å². The van der Waals surface area contributed by atoms with Gasteiger partial charge in [0.2, 0.25) is 5.91 Å². The van der Waals surface area contributed by atoms with Crippen molar-refractivity contribution < 1.29 is 14.0 Å². The van der Waals surface area contributed by atoms with Gasteiger partial charge in [-0.3, -0.25) is 9.59 Å². The Balaban J connectivity index is 1.18. The third-order valence-electron chi connectivity index (χ3n) is 7.84. The number of amides is 2. The topological polar surface area (TPSA) is 69.6 Å². The van der Waals surface area contributed by atoms with Gasteiger partial charge in [-0.15, -0.1) is 10.2 Å². The number of halogens is 1. The van der Waals surface area contributed by atoms with Crippen LogP contribution in [0.15, 0.2) is 91.0 Å². The standard InChI is InChI=1S/C34H36FN5O2/c1-3-25(2)23-40(34(42)29-11-7-8-12-30(29)35)24-33(41)39-21-19-38(20-22-39)32-18-17-31(36-37-32)28-15-13-27(14-16-28)26-9-5-4-6-10-26/h4-18,25H,3,19-24H2,1-2H3. The first-order chi connectivity index (χ1) is 20.4. The molecular formula is C34H36FN5O2. The van der Waals surface area contributed by atoms with E-state index in [1.807, 2.05) is 44.2 Å². The second-order valence-electron chi connectivity index (χ2n) is 10.8. The smallest absolute Gasteiger partial charge is 0.257 e. The van der Waals surface area contributed by atoms with Crippen LogP contribution in [0.2, 0.25) is 0 Å². The normalized spacial score (nSPS) is 14.0. The summed E-state index contributed by atoms with van der Waals surface area (Å²) < 4.78 is 14.4. The second kappa shape index (κ2) is 13.4. The molecule has 8 heteroatoms. The quantitative estimate of drug-likeness (QED) is 0.257. The Kier molecular flexibility index (Phi) is 9.21. The maximum atomic E-state index is 14.4. The van der Waals surface area contributed by atoms with Crippen LogP contribution in [0.1, 0.15) is 30.6 Å². The van der Waals surface area contributed by atoms with Gasteiger partial charge in [-0.05, 0) is 41.3 Å². The van der Waals surface area contributed by atoms with Crippen LogP contribution in [0, 0.1) is 11.7 Å². The molecule has 1 atom stereocenters. The molecule has 1 fully saturated rings. The van der Waals surface area contributed by atoms with E-state index in [2.05, 4.69) is 51.5 Å². The van der Waals surface area contributed by atoms with Crippen molar-refractivity contribution in [1.82, 2.24) is 20.0 Å². The lowest BCUT2D eigenvalue weighted by Gasteiger charge is -2.36. The SMILES string of the molecule is CCC(C)CN(CC(=O)N1CCN(c2ccc(-c3ccc(-c4ccccc4)cc3)nn2)CC1)C(=O)c1ccccc1F. The molecule has 1 saturated heterocycles. The molecule has 0 aliphatic carbocycles. The van der Waals surface area contributed by atoms with Crippen LogP contribution >= 0.6 is 0 Å². The molecule has 1 aliphatic rings. The van der Waals surface area contributed by atoms with Gasteiger partial charge in [0.05, 0.1) is 11.3 Å². The van der Waals surface area contributed by atoms with E-state index in [9.17, 15) is 14.0 Å². The van der Waals surface area contributed by atoms with Crippen LogP contribution in [-0.2, 0) is 4.79 Å². The van der Waals surface area contributed by atoms with Gasteiger partial charge >= 0.3 is 0 Å². The Bertz CT molecular complexity index is 1490. The van der Waals surface area contributed by atoms with Gasteiger partial charge in [-0.1, -0.05) is 87.0 Å². The van der Waals surface area contributed by atoms with Crippen molar-refractivity contribution in [1.29, 1.82) is 0 Å². The number of hydrogen-bond acceptors (Lipinski definition) is 5. The number of hydrogen-bond donors (Lipinski definition) is 0. The van der Waals surface area contributed by atoms with Crippen LogP contribution in [0.4, 0.5) is 10.2 Å². The van der Waals surface area contributed by atoms with Crippen molar-refractivity contribution >= 4 is 17.6 Å². The number of carbonyl (C=O) groups is 2. The van der Waals surface area contributed by atoms with Crippen molar-refractivity contribution in [2.45, 2.75) is 20.3 Å². The molecule has 0 saturated carbocycles. The van der Waals surface area contributed by atoms with Gasteiger partial charge in [0.1, 0.15) is 12.4 Å². The first kappa shape index (κ1) is 28.9. The summed E-state index contributed by atoms with van der Waals surface area (Å²) in [5, 5.41) is 8.93. The first-order valence-corrected chi connectivity index (χ1v) is 14.5. The zero-order valence-electron chi connectivity index (χ0n) is 24.1. The Morgan fingerprint density at radius 2 is 1.45 bits per heavy atom. The van der Waals surface area contributed by atoms with Crippen molar-refractivity contribution in [2.75, 3.05) is 44.2 Å². The minimum atomic E-state index is -0.575. The highest BCUT2D eigenvalue weighted by molar-refractivity contribution is 5.96. The van der Waals surface area contributed by atoms with Gasteiger partial charge < -0.3 is 14.7 Å². The Hall–Kier alpha value is -4.59. The zero-order valence-corrected chi connectivity index (χ0v) is 24.1. The highest BCUT2D eigenvalue weighted by Crippen LogP contribution is 2.24. The average molecular weight is 566 g/mol. The molecule has 0 N–H and O–H groups in total. The molecule has 1 aromatic heterocycles. The molecule has 0 spiro atoms. The summed E-state index contributed by atoms with van der Waals surface area (Å²) >= 11 is 0. The fraction of sp³-hybridized carbons (Fsp3) is 0.294. The molecule has 3 aromatic carbocycles. The predicted molar refractivity (Wildman–Crippen MR) is 163 cm³/mol. The molecule has 0 radical (unpaired) electrons. The van der Waals surface area contributed by atoms with Crippen molar-refractivity contribution in [2.24, 2.45) is 5.92 Å². The third kappa shape index (κ3) is 6.82. The van der Waals surface area contributed by atoms with E-state index >= 15 is 0 Å². The lowest BCUT2D eigenvalue weighted by molar-refractivity contribution is -0.132. The molecule has 5 rings (SSSR count). The minimum absolute atomic E-state index is 0.00687. The van der Waals surface area contributed by atoms with E-state index in [0.717, 1.165) is 29.1 Å². The molecule has 4 aromatic rings. The molecule has 1 unspecified atom stereocenters. The molecule has 2 amide bonds. The predicted octanol–water partition coefficient (Wildman–Crippen LogP) is 5.79. The summed E-state index contributed by atoms with van der Waals surface area (Å²) in [5.74, 6) is -0.212. The monoisotopic (exact) mass is 565 g/mol. The minimum Gasteiger partial charge on any atom is -0.352 e. The molecule has 2 heterocycles. The number of rotatable bonds is 9. The maximum Gasteiger partial charge on any atom is 0.257 e. The number of anilines is 1. The summed E-state index contributed by atoms with van der Waals surface area (Å²) in [6, 6.07) is 28.4. The Morgan fingerprint density at radius 3 is 2.10 bits per heavy atom. The van der Waals surface area contributed by atoms with E-state index in [0.29, 0.717) is 32.7 Å². The summed E-state index contributed by atoms with van der Waals surface area (Å²) in [4.78, 5) is 31.8. The van der Waals surface area contributed by atoms with Gasteiger partial charge in [-0.2, -0.15) is 0 Å². The first-order valence-electron chi connectivity index (χ1n) is 14.5. The van der Waals surface area contributed by atoms with E-state index in [1.165, 1.54) is 22.6 Å². The van der Waals surface area contributed by atoms with Crippen molar-refractivity contribution in [3.05, 3.63) is 102 Å². The molecule has 0 bridgehead atoms. The third-order valence-corrected chi connectivity index (χ3v) is 7.84. The summed E-state index contributed by atoms with van der Waals surface area (Å²) in [5.41, 5.74) is 4.11. The largest absolute Gasteiger partial charge is 0.352 e. The molecule has 42 heavy (non-hydrogen) atoms. The van der Waals surface area contributed by atoms with Crippen molar-refractivity contribution in [3.8, 4) is 22.4 Å². The molecule has 216 valence electrons. The van der Waals surface area contributed by atoms with E-state index in [1.54, 1.807) is 17.0 Å². The number of aromatic nitrogens is 2. The highest BCUT2D eigenvalue weighted by atomic mass is 19.1. The van der Waals surface area contributed by atoms with E-state index in [4.69, 9.17) is 0 Å². The Morgan fingerprint density at radius 1 is 0.810 bits per heavy atom. The second-order valence-corrected chi connectivity index (χ2v) is 10.8. The lowest BCUT2D eigenvalue weighted by Crippen LogP contribution is -2.52. The number of benzene rings is 3. The molecular weight excluding hydrogens is 529 g/mol. The maximum absolute atomic E-state index is 14.4. The van der Waals surface area contributed by atoms with Crippen LogP contribution in [-0.4, -0.2) is 71.1 Å². The summed E-state index contributed by atoms with van der Waals surface area (Å²) in [7, 11) is 0. The number of carbonyl (C=O) groups excluding carboxylic acids is 2. The fourth-order valence-electron chi connectivity index (χ4n) is 5.09. The van der Waals surface area contributed by atoms with Crippen LogP contribution < -0.4 is 4.90 Å². The lowest BCUT2D eigenvalue weighted by atomic mass is 10.0. The van der Waals surface area contributed by atoms with Gasteiger partial charge in [0, 0.05) is 38.3 Å². The van der Waals surface area contributed by atoms with Crippen molar-refractivity contribution in [3.63, 3.8) is 0 Å². The average Bonchev–Trinajstić information content (AvgIpc) is 3.05.